The molecule has 0 aromatic carbocycles. The predicted octanol–water partition coefficient (Wildman–Crippen LogP) is -1.30. The summed E-state index contributed by atoms with van der Waals surface area (Å²) in [5.74, 6) is 0. The summed E-state index contributed by atoms with van der Waals surface area (Å²) in [6, 6.07) is 0. The summed E-state index contributed by atoms with van der Waals surface area (Å²) >= 11 is 0. The minimum Gasteiger partial charge on any atom is -0.394 e. The highest BCUT2D eigenvalue weighted by Crippen LogP contribution is 1.80. The average Bonchev–Trinajstić information content (AvgIpc) is 2.60. The summed E-state index contributed by atoms with van der Waals surface area (Å²) in [5.41, 5.74) is 0. The topological polar surface area (TPSA) is 136 Å². The summed E-state index contributed by atoms with van der Waals surface area (Å²) in [7, 11) is 0. The number of hydrogen-bond donors (Lipinski definition) is 2. The van der Waals surface area contributed by atoms with Crippen molar-refractivity contribution in [2.45, 2.75) is 0 Å². The molecule has 0 fully saturated rings. The van der Waals surface area contributed by atoms with Gasteiger partial charge in [0.2, 0.25) is 12.2 Å². The molecule has 0 aromatic rings. The number of rotatable bonds is 16. The van der Waals surface area contributed by atoms with Gasteiger partial charge >= 0.3 is 0 Å². The van der Waals surface area contributed by atoms with Crippen LogP contribution in [-0.4, -0.2) is 102 Å². The van der Waals surface area contributed by atoms with E-state index in [0.29, 0.717) is 65.9 Å². The average molecular weight is 350 g/mol. The number of aliphatic hydroxyl groups is 2. The molecule has 0 aliphatic heterocycles. The lowest BCUT2D eigenvalue weighted by molar-refractivity contribution is 0.00230. The lowest BCUT2D eigenvalue weighted by Gasteiger charge is -2.04. The van der Waals surface area contributed by atoms with Gasteiger partial charge < -0.3 is 29.2 Å². The first-order valence-corrected chi connectivity index (χ1v) is 7.43. The van der Waals surface area contributed by atoms with Gasteiger partial charge in [-0.3, -0.25) is 0 Å². The van der Waals surface area contributed by atoms with Crippen LogP contribution in [0, 0.1) is 0 Å². The van der Waals surface area contributed by atoms with Crippen LogP contribution in [0.15, 0.2) is 9.98 Å². The van der Waals surface area contributed by atoms with E-state index < -0.39 is 0 Å². The fourth-order valence-electron chi connectivity index (χ4n) is 1.08. The molecular formula is C14H26N2O8. The number of ether oxygens (including phenoxy) is 4. The number of nitrogens with zero attached hydrogens (tertiary/aromatic N) is 2. The Hall–Kier alpha value is -1.48. The van der Waals surface area contributed by atoms with Gasteiger partial charge in [0.1, 0.15) is 0 Å². The Labute approximate surface area is 141 Å². The van der Waals surface area contributed by atoms with Gasteiger partial charge in [-0.05, 0) is 0 Å². The van der Waals surface area contributed by atoms with Gasteiger partial charge in [-0.25, -0.2) is 19.6 Å². The lowest BCUT2D eigenvalue weighted by Crippen LogP contribution is -2.11. The molecule has 0 aliphatic rings. The molecule has 24 heavy (non-hydrogen) atoms. The Morgan fingerprint density at radius 3 is 1.25 bits per heavy atom. The molecule has 0 aliphatic carbocycles. The third-order valence-corrected chi connectivity index (χ3v) is 2.04. The van der Waals surface area contributed by atoms with Crippen LogP contribution >= 0.6 is 0 Å². The maximum Gasteiger partial charge on any atom is 0.235 e. The lowest BCUT2D eigenvalue weighted by atomic mass is 10.7. The first-order valence-electron chi connectivity index (χ1n) is 7.43. The van der Waals surface area contributed by atoms with E-state index in [2.05, 4.69) is 9.98 Å². The molecule has 0 amide bonds. The second-order valence-electron chi connectivity index (χ2n) is 3.84. The predicted molar refractivity (Wildman–Crippen MR) is 83.4 cm³/mol. The highest BCUT2D eigenvalue weighted by molar-refractivity contribution is 5.32. The van der Waals surface area contributed by atoms with Gasteiger partial charge in [0.15, 0.2) is 0 Å². The largest absolute Gasteiger partial charge is 0.394 e. The van der Waals surface area contributed by atoms with Gasteiger partial charge in [0.05, 0.1) is 79.2 Å². The molecule has 0 atom stereocenters. The van der Waals surface area contributed by atoms with Crippen LogP contribution in [-0.2, 0) is 28.5 Å². The number of aliphatic hydroxyl groups excluding tert-OH is 2. The smallest absolute Gasteiger partial charge is 0.235 e. The molecule has 0 rings (SSSR count). The molecule has 0 saturated heterocycles. The second kappa shape index (κ2) is 26.4. The quantitative estimate of drug-likeness (QED) is 0.199. The standard InChI is InChI=1S/C8H18O5.C6H8N2O3/c9-1-3-11-5-7-13-8-6-12-4-2-10;9-5-7-1-3-11-4-2-8-6-10/h9-10H,1-8H2;1-4H2. The Kier molecular flexibility index (Phi) is 27.3. The van der Waals surface area contributed by atoms with E-state index in [-0.39, 0.29) is 13.2 Å². The van der Waals surface area contributed by atoms with E-state index in [1.54, 1.807) is 0 Å². The van der Waals surface area contributed by atoms with Crippen LogP contribution in [0.2, 0.25) is 0 Å². The summed E-state index contributed by atoms with van der Waals surface area (Å²) in [5, 5.41) is 16.7. The number of carbonyl (C=O) groups excluding carboxylic acids is 2. The normalized spacial score (nSPS) is 9.42. The van der Waals surface area contributed by atoms with Crippen molar-refractivity contribution in [3.8, 4) is 0 Å². The summed E-state index contributed by atoms with van der Waals surface area (Å²) in [6.07, 6.45) is 2.76. The molecule has 2 N–H and O–H groups in total. The van der Waals surface area contributed by atoms with Crippen LogP contribution in [0.4, 0.5) is 0 Å². The summed E-state index contributed by atoms with van der Waals surface area (Å²) < 4.78 is 19.9. The van der Waals surface area contributed by atoms with Crippen molar-refractivity contribution < 1.29 is 38.7 Å². The third kappa shape index (κ3) is 28.6. The monoisotopic (exact) mass is 350 g/mol. The summed E-state index contributed by atoms with van der Waals surface area (Å²) in [4.78, 5) is 25.5. The Bertz CT molecular complexity index is 301. The first kappa shape index (κ1) is 24.8. The first-order chi connectivity index (χ1) is 11.8. The molecule has 0 unspecified atom stereocenters. The van der Waals surface area contributed by atoms with E-state index in [1.807, 2.05) is 0 Å². The maximum absolute atomic E-state index is 9.52. The van der Waals surface area contributed by atoms with E-state index in [1.165, 1.54) is 12.2 Å². The Morgan fingerprint density at radius 1 is 0.583 bits per heavy atom. The second-order valence-corrected chi connectivity index (χ2v) is 3.84. The van der Waals surface area contributed by atoms with E-state index in [0.717, 1.165) is 0 Å². The fourth-order valence-corrected chi connectivity index (χ4v) is 1.08. The van der Waals surface area contributed by atoms with Crippen molar-refractivity contribution in [2.75, 3.05) is 79.2 Å². The number of aliphatic imine (C=N–C) groups is 2. The molecular weight excluding hydrogens is 324 g/mol. The summed E-state index contributed by atoms with van der Waals surface area (Å²) in [6.45, 7) is 4.07. The SMILES string of the molecule is O=C=NCCOCCN=C=O.OCCOCCOCCOCCO. The van der Waals surface area contributed by atoms with Crippen LogP contribution in [0.25, 0.3) is 0 Å². The fraction of sp³-hybridized carbons (Fsp3) is 0.857. The van der Waals surface area contributed by atoms with Gasteiger partial charge in [-0.1, -0.05) is 0 Å². The van der Waals surface area contributed by atoms with Gasteiger partial charge in [-0.15, -0.1) is 0 Å². The molecule has 0 bridgehead atoms. The number of isocyanates is 2. The zero-order valence-electron chi connectivity index (χ0n) is 13.7. The zero-order chi connectivity index (χ0) is 18.1. The van der Waals surface area contributed by atoms with Gasteiger partial charge in [0.25, 0.3) is 0 Å². The van der Waals surface area contributed by atoms with Crippen molar-refractivity contribution in [3.63, 3.8) is 0 Å². The minimum absolute atomic E-state index is 0.0413. The van der Waals surface area contributed by atoms with Crippen molar-refractivity contribution in [1.82, 2.24) is 0 Å². The number of hydrogen-bond acceptors (Lipinski definition) is 10. The van der Waals surface area contributed by atoms with Crippen molar-refractivity contribution in [2.24, 2.45) is 9.98 Å². The van der Waals surface area contributed by atoms with Crippen molar-refractivity contribution in [1.29, 1.82) is 0 Å². The van der Waals surface area contributed by atoms with Gasteiger partial charge in [-0.2, -0.15) is 0 Å². The third-order valence-electron chi connectivity index (χ3n) is 2.04. The van der Waals surface area contributed by atoms with Crippen LogP contribution in [0.3, 0.4) is 0 Å². The molecule has 140 valence electrons. The van der Waals surface area contributed by atoms with Crippen LogP contribution < -0.4 is 0 Å². The Morgan fingerprint density at radius 2 is 0.917 bits per heavy atom. The molecule has 0 radical (unpaired) electrons. The van der Waals surface area contributed by atoms with E-state index in [4.69, 9.17) is 29.2 Å². The molecule has 0 saturated carbocycles. The maximum atomic E-state index is 9.52. The molecule has 0 heterocycles. The minimum atomic E-state index is 0.0413. The highest BCUT2D eigenvalue weighted by Gasteiger charge is 1.90. The zero-order valence-corrected chi connectivity index (χ0v) is 13.7. The molecule has 10 heteroatoms. The molecule has 0 spiro atoms. The van der Waals surface area contributed by atoms with Crippen LogP contribution in [0.1, 0.15) is 0 Å². The van der Waals surface area contributed by atoms with Crippen LogP contribution in [0.5, 0.6) is 0 Å². The highest BCUT2D eigenvalue weighted by atomic mass is 16.5. The van der Waals surface area contributed by atoms with Gasteiger partial charge in [0, 0.05) is 0 Å². The van der Waals surface area contributed by atoms with Crippen molar-refractivity contribution >= 4 is 12.2 Å². The van der Waals surface area contributed by atoms with Crippen molar-refractivity contribution in [3.05, 3.63) is 0 Å². The Balaban J connectivity index is 0. The van der Waals surface area contributed by atoms with E-state index >= 15 is 0 Å². The molecule has 10 nitrogen and oxygen atoms in total. The van der Waals surface area contributed by atoms with E-state index in [9.17, 15) is 9.59 Å². The molecule has 0 aromatic heterocycles.